The van der Waals surface area contributed by atoms with Crippen LogP contribution >= 0.6 is 28.1 Å². The summed E-state index contributed by atoms with van der Waals surface area (Å²) in [5, 5.41) is 4.26. The smallest absolute Gasteiger partial charge is 0.174 e. The highest BCUT2D eigenvalue weighted by Gasteiger charge is 2.42. The van der Waals surface area contributed by atoms with E-state index in [1.165, 1.54) is 11.1 Å². The zero-order valence-electron chi connectivity index (χ0n) is 17.9. The van der Waals surface area contributed by atoms with E-state index in [4.69, 9.17) is 12.2 Å². The average molecular weight is 503 g/mol. The maximum atomic E-state index is 5.89. The van der Waals surface area contributed by atoms with Crippen LogP contribution < -0.4 is 10.2 Å². The van der Waals surface area contributed by atoms with Gasteiger partial charge in [0.15, 0.2) is 5.11 Å². The molecule has 0 spiro atoms. The van der Waals surface area contributed by atoms with Crippen molar-refractivity contribution >= 4 is 38.9 Å². The summed E-state index contributed by atoms with van der Waals surface area (Å²) in [4.78, 5) is 6.90. The third-order valence-corrected chi connectivity index (χ3v) is 6.56. The lowest BCUT2D eigenvalue weighted by Gasteiger charge is -2.29. The molecular weight excluding hydrogens is 480 g/mol. The zero-order valence-corrected chi connectivity index (χ0v) is 20.3. The van der Waals surface area contributed by atoms with E-state index in [-0.39, 0.29) is 12.1 Å². The molecule has 4 nitrogen and oxygen atoms in total. The van der Waals surface area contributed by atoms with Crippen LogP contribution in [0.2, 0.25) is 0 Å². The number of thiocarbonyl (C=S) groups is 1. The lowest BCUT2D eigenvalue weighted by Crippen LogP contribution is -2.30. The van der Waals surface area contributed by atoms with Crippen molar-refractivity contribution in [2.24, 2.45) is 0 Å². The SMILES string of the molecule is Cc1cc(C)cc(N2C(=S)N[C@@H](c3ccccn3)[C@H]2c2cccn2-c2cccc(Br)c2)c1. The summed E-state index contributed by atoms with van der Waals surface area (Å²) >= 11 is 9.50. The van der Waals surface area contributed by atoms with Gasteiger partial charge in [-0.05, 0) is 91.8 Å². The molecule has 0 radical (unpaired) electrons. The zero-order chi connectivity index (χ0) is 22.2. The van der Waals surface area contributed by atoms with Gasteiger partial charge in [0.1, 0.15) is 6.04 Å². The Hall–Kier alpha value is -2.96. The van der Waals surface area contributed by atoms with E-state index < -0.39 is 0 Å². The van der Waals surface area contributed by atoms with Crippen molar-refractivity contribution in [3.63, 3.8) is 0 Å². The molecule has 6 heteroatoms. The Bertz CT molecular complexity index is 1260. The van der Waals surface area contributed by atoms with Gasteiger partial charge in [-0.2, -0.15) is 0 Å². The summed E-state index contributed by atoms with van der Waals surface area (Å²) in [6, 6.07) is 25.1. The van der Waals surface area contributed by atoms with E-state index in [0.717, 1.165) is 27.2 Å². The number of hydrogen-bond acceptors (Lipinski definition) is 2. The van der Waals surface area contributed by atoms with Crippen LogP contribution in [0.15, 0.2) is 89.7 Å². The number of pyridine rings is 1. The summed E-state index contributed by atoms with van der Waals surface area (Å²) in [5.41, 5.74) is 6.72. The van der Waals surface area contributed by atoms with E-state index in [2.05, 4.69) is 110 Å². The van der Waals surface area contributed by atoms with Gasteiger partial charge in [-0.25, -0.2) is 0 Å². The third kappa shape index (κ3) is 3.85. The van der Waals surface area contributed by atoms with Crippen LogP contribution in [0, 0.1) is 13.8 Å². The molecule has 1 N–H and O–H groups in total. The summed E-state index contributed by atoms with van der Waals surface area (Å²) in [6.45, 7) is 4.25. The molecule has 3 heterocycles. The van der Waals surface area contributed by atoms with Gasteiger partial charge >= 0.3 is 0 Å². The number of nitrogens with zero attached hydrogens (tertiary/aromatic N) is 3. The minimum atomic E-state index is -0.0784. The van der Waals surface area contributed by atoms with Crippen LogP contribution in [0.1, 0.15) is 34.6 Å². The van der Waals surface area contributed by atoms with Gasteiger partial charge in [-0.15, -0.1) is 0 Å². The fourth-order valence-electron chi connectivity index (χ4n) is 4.52. The maximum Gasteiger partial charge on any atom is 0.174 e. The molecule has 1 aliphatic rings. The maximum absolute atomic E-state index is 5.89. The topological polar surface area (TPSA) is 33.1 Å². The highest BCUT2D eigenvalue weighted by atomic mass is 79.9. The van der Waals surface area contributed by atoms with Gasteiger partial charge in [0.25, 0.3) is 0 Å². The highest BCUT2D eigenvalue weighted by molar-refractivity contribution is 9.10. The predicted molar refractivity (Wildman–Crippen MR) is 137 cm³/mol. The van der Waals surface area contributed by atoms with Gasteiger partial charge in [0, 0.05) is 33.9 Å². The first-order chi connectivity index (χ1) is 15.5. The number of benzene rings is 2. The summed E-state index contributed by atoms with van der Waals surface area (Å²) in [5.74, 6) is 0. The quantitative estimate of drug-likeness (QED) is 0.326. The van der Waals surface area contributed by atoms with E-state index in [0.29, 0.717) is 5.11 Å². The average Bonchev–Trinajstić information content (AvgIpc) is 3.38. The van der Waals surface area contributed by atoms with Gasteiger partial charge in [0.2, 0.25) is 0 Å². The molecular formula is C26H23BrN4S. The van der Waals surface area contributed by atoms with Gasteiger partial charge < -0.3 is 14.8 Å². The number of rotatable bonds is 4. The Morgan fingerprint density at radius 1 is 0.906 bits per heavy atom. The molecule has 0 amide bonds. The Kier molecular flexibility index (Phi) is 5.57. The molecule has 2 aromatic heterocycles. The van der Waals surface area contributed by atoms with Gasteiger partial charge in [0.05, 0.1) is 11.7 Å². The second kappa shape index (κ2) is 8.52. The molecule has 5 rings (SSSR count). The summed E-state index contributed by atoms with van der Waals surface area (Å²) in [7, 11) is 0. The molecule has 1 saturated heterocycles. The van der Waals surface area contributed by atoms with Crippen LogP contribution in [-0.4, -0.2) is 14.7 Å². The molecule has 1 aliphatic heterocycles. The fraction of sp³-hybridized carbons (Fsp3) is 0.154. The standard InChI is InChI=1S/C26H23BrN4S/c1-17-13-18(2)15-21(14-17)31-25(24(29-26(31)32)22-9-3-4-11-28-22)23-10-6-12-30(23)20-8-5-7-19(27)16-20/h3-16,24-25H,1-2H3,(H,29,32)/t24-,25+/m0/s1. The summed E-state index contributed by atoms with van der Waals surface area (Å²) in [6.07, 6.45) is 3.94. The molecule has 4 aromatic rings. The normalized spacial score (nSPS) is 18.1. The van der Waals surface area contributed by atoms with Gasteiger partial charge in [-0.3, -0.25) is 4.98 Å². The molecule has 0 unspecified atom stereocenters. The number of halogens is 1. The van der Waals surface area contributed by atoms with Crippen molar-refractivity contribution in [1.29, 1.82) is 0 Å². The van der Waals surface area contributed by atoms with Crippen LogP contribution in [0.5, 0.6) is 0 Å². The third-order valence-electron chi connectivity index (χ3n) is 5.75. The van der Waals surface area contributed by atoms with Crippen LogP contribution in [0.3, 0.4) is 0 Å². The molecule has 2 aromatic carbocycles. The molecule has 2 atom stereocenters. The van der Waals surface area contributed by atoms with Crippen molar-refractivity contribution in [2.75, 3.05) is 4.90 Å². The predicted octanol–water partition coefficient (Wildman–Crippen LogP) is 6.43. The molecule has 1 fully saturated rings. The van der Waals surface area contributed by atoms with Crippen LogP contribution in [0.25, 0.3) is 5.69 Å². The van der Waals surface area contributed by atoms with Crippen molar-refractivity contribution in [2.45, 2.75) is 25.9 Å². The van der Waals surface area contributed by atoms with E-state index in [1.807, 2.05) is 24.4 Å². The first-order valence-electron chi connectivity index (χ1n) is 10.5. The van der Waals surface area contributed by atoms with E-state index >= 15 is 0 Å². The number of anilines is 1. The second-order valence-corrected chi connectivity index (χ2v) is 9.43. The monoisotopic (exact) mass is 502 g/mol. The van der Waals surface area contributed by atoms with Crippen molar-refractivity contribution in [1.82, 2.24) is 14.9 Å². The Balaban J connectivity index is 1.69. The molecule has 0 bridgehead atoms. The number of hydrogen-bond donors (Lipinski definition) is 1. The lowest BCUT2D eigenvalue weighted by molar-refractivity contribution is 0.549. The first kappa shape index (κ1) is 20.9. The lowest BCUT2D eigenvalue weighted by atomic mass is 10.00. The molecule has 32 heavy (non-hydrogen) atoms. The Labute approximate surface area is 202 Å². The molecule has 0 saturated carbocycles. The highest BCUT2D eigenvalue weighted by Crippen LogP contribution is 2.42. The van der Waals surface area contributed by atoms with E-state index in [1.54, 1.807) is 0 Å². The number of aromatic nitrogens is 2. The van der Waals surface area contributed by atoms with Crippen molar-refractivity contribution in [3.8, 4) is 5.69 Å². The number of nitrogens with one attached hydrogen (secondary N) is 1. The second-order valence-electron chi connectivity index (χ2n) is 8.13. The van der Waals surface area contributed by atoms with E-state index in [9.17, 15) is 0 Å². The van der Waals surface area contributed by atoms with Crippen LogP contribution in [-0.2, 0) is 0 Å². The first-order valence-corrected chi connectivity index (χ1v) is 11.7. The number of aryl methyl sites for hydroxylation is 2. The van der Waals surface area contributed by atoms with Crippen LogP contribution in [0.4, 0.5) is 5.69 Å². The van der Waals surface area contributed by atoms with Crippen molar-refractivity contribution in [3.05, 3.63) is 112 Å². The largest absolute Gasteiger partial charge is 0.351 e. The Morgan fingerprint density at radius 3 is 2.44 bits per heavy atom. The minimum Gasteiger partial charge on any atom is -0.351 e. The molecule has 160 valence electrons. The molecule has 0 aliphatic carbocycles. The van der Waals surface area contributed by atoms with Gasteiger partial charge in [-0.1, -0.05) is 34.1 Å². The Morgan fingerprint density at radius 2 is 1.72 bits per heavy atom. The van der Waals surface area contributed by atoms with Crippen molar-refractivity contribution < 1.29 is 0 Å². The fourth-order valence-corrected chi connectivity index (χ4v) is 5.25. The summed E-state index contributed by atoms with van der Waals surface area (Å²) < 4.78 is 3.28. The minimum absolute atomic E-state index is 0.0624.